The molecule has 5 heteroatoms. The zero-order valence-corrected chi connectivity index (χ0v) is 7.23. The van der Waals surface area contributed by atoms with E-state index in [2.05, 4.69) is 5.16 Å². The van der Waals surface area contributed by atoms with E-state index in [-0.39, 0.29) is 17.8 Å². The molecule has 1 fully saturated rings. The van der Waals surface area contributed by atoms with Gasteiger partial charge in [-0.15, -0.1) is 0 Å². The molecule has 0 saturated carbocycles. The molecule has 0 unspecified atom stereocenters. The van der Waals surface area contributed by atoms with Gasteiger partial charge >= 0.3 is 0 Å². The molecule has 0 bridgehead atoms. The van der Waals surface area contributed by atoms with Crippen molar-refractivity contribution in [2.45, 2.75) is 13.0 Å². The summed E-state index contributed by atoms with van der Waals surface area (Å²) in [4.78, 5) is 13.1. The molecular formula is C8H10N2O3. The number of β-amino-alcohol motifs (C(OH)–C–C–N with tert-alkyl or cyclic N) is 1. The number of aromatic nitrogens is 1. The third-order valence-electron chi connectivity index (χ3n) is 2.09. The third-order valence-corrected chi connectivity index (χ3v) is 2.09. The van der Waals surface area contributed by atoms with Crippen molar-refractivity contribution in [1.29, 1.82) is 0 Å². The Balaban J connectivity index is 2.10. The van der Waals surface area contributed by atoms with Crippen LogP contribution in [-0.4, -0.2) is 40.3 Å². The van der Waals surface area contributed by atoms with Crippen molar-refractivity contribution >= 4 is 5.91 Å². The number of carbonyl (C=O) groups excluding carboxylic acids is 1. The zero-order valence-electron chi connectivity index (χ0n) is 7.23. The van der Waals surface area contributed by atoms with Crippen LogP contribution in [0.3, 0.4) is 0 Å². The van der Waals surface area contributed by atoms with Gasteiger partial charge in [0.25, 0.3) is 5.91 Å². The molecule has 1 amide bonds. The number of aliphatic hydroxyl groups excluding tert-OH is 1. The van der Waals surface area contributed by atoms with Gasteiger partial charge in [0.05, 0.1) is 12.3 Å². The lowest BCUT2D eigenvalue weighted by Crippen LogP contribution is -2.53. The summed E-state index contributed by atoms with van der Waals surface area (Å²) in [6, 6.07) is 0. The molecule has 13 heavy (non-hydrogen) atoms. The van der Waals surface area contributed by atoms with Crippen LogP contribution in [0.1, 0.15) is 16.1 Å². The first-order valence-corrected chi connectivity index (χ1v) is 4.07. The molecule has 2 rings (SSSR count). The fourth-order valence-corrected chi connectivity index (χ4v) is 1.26. The van der Waals surface area contributed by atoms with E-state index >= 15 is 0 Å². The monoisotopic (exact) mass is 182 g/mol. The van der Waals surface area contributed by atoms with E-state index in [1.165, 1.54) is 11.1 Å². The average Bonchev–Trinajstić information content (AvgIpc) is 2.44. The predicted molar refractivity (Wildman–Crippen MR) is 43.2 cm³/mol. The minimum Gasteiger partial charge on any atom is -0.389 e. The van der Waals surface area contributed by atoms with Crippen molar-refractivity contribution < 1.29 is 14.4 Å². The second kappa shape index (κ2) is 2.85. The number of amides is 1. The van der Waals surface area contributed by atoms with Crippen molar-refractivity contribution in [3.63, 3.8) is 0 Å². The smallest absolute Gasteiger partial charge is 0.292 e. The molecule has 1 N–H and O–H groups in total. The lowest BCUT2D eigenvalue weighted by Gasteiger charge is -2.35. The summed E-state index contributed by atoms with van der Waals surface area (Å²) >= 11 is 0. The van der Waals surface area contributed by atoms with Gasteiger partial charge < -0.3 is 14.5 Å². The Morgan fingerprint density at radius 1 is 1.77 bits per heavy atom. The second-order valence-corrected chi connectivity index (χ2v) is 3.20. The molecule has 2 heterocycles. The minimum atomic E-state index is -0.382. The standard InChI is InChI=1S/C8H10N2O3/c1-5-2-9-13-7(5)8(12)10-3-6(11)4-10/h2,6,11H,3-4H2,1H3. The van der Waals surface area contributed by atoms with Crippen LogP contribution in [0.15, 0.2) is 10.7 Å². The van der Waals surface area contributed by atoms with Crippen LogP contribution >= 0.6 is 0 Å². The van der Waals surface area contributed by atoms with Crippen LogP contribution < -0.4 is 0 Å². The maximum absolute atomic E-state index is 11.5. The van der Waals surface area contributed by atoms with Crippen molar-refractivity contribution in [1.82, 2.24) is 10.1 Å². The summed E-state index contributed by atoms with van der Waals surface area (Å²) in [6.07, 6.45) is 1.12. The van der Waals surface area contributed by atoms with Gasteiger partial charge in [-0.05, 0) is 6.92 Å². The maximum Gasteiger partial charge on any atom is 0.292 e. The van der Waals surface area contributed by atoms with Gasteiger partial charge in [0.1, 0.15) is 0 Å². The highest BCUT2D eigenvalue weighted by Gasteiger charge is 2.32. The number of hydrogen-bond acceptors (Lipinski definition) is 4. The van der Waals surface area contributed by atoms with Gasteiger partial charge in [0.15, 0.2) is 0 Å². The predicted octanol–water partition coefficient (Wildman–Crippen LogP) is -0.200. The van der Waals surface area contributed by atoms with Crippen LogP contribution in [0.2, 0.25) is 0 Å². The Morgan fingerprint density at radius 3 is 2.92 bits per heavy atom. The van der Waals surface area contributed by atoms with Crippen LogP contribution in [-0.2, 0) is 0 Å². The van der Waals surface area contributed by atoms with Gasteiger partial charge in [-0.2, -0.15) is 0 Å². The quantitative estimate of drug-likeness (QED) is 0.653. The van der Waals surface area contributed by atoms with E-state index in [1.807, 2.05) is 0 Å². The number of hydrogen-bond donors (Lipinski definition) is 1. The molecule has 70 valence electrons. The Kier molecular flexibility index (Phi) is 1.81. The highest BCUT2D eigenvalue weighted by molar-refractivity contribution is 5.93. The lowest BCUT2D eigenvalue weighted by atomic mass is 10.1. The number of aryl methyl sites for hydroxylation is 1. The fraction of sp³-hybridized carbons (Fsp3) is 0.500. The Morgan fingerprint density at radius 2 is 2.46 bits per heavy atom. The van der Waals surface area contributed by atoms with Gasteiger partial charge in [-0.3, -0.25) is 4.79 Å². The zero-order chi connectivity index (χ0) is 9.42. The van der Waals surface area contributed by atoms with E-state index in [1.54, 1.807) is 6.92 Å². The number of aliphatic hydroxyl groups is 1. The molecular weight excluding hydrogens is 172 g/mol. The highest BCUT2D eigenvalue weighted by atomic mass is 16.5. The van der Waals surface area contributed by atoms with Gasteiger partial charge in [-0.25, -0.2) is 0 Å². The molecule has 0 aliphatic carbocycles. The van der Waals surface area contributed by atoms with E-state index in [4.69, 9.17) is 9.63 Å². The van der Waals surface area contributed by atoms with Gasteiger partial charge in [0.2, 0.25) is 5.76 Å². The van der Waals surface area contributed by atoms with Crippen molar-refractivity contribution in [3.05, 3.63) is 17.5 Å². The maximum atomic E-state index is 11.5. The lowest BCUT2D eigenvalue weighted by molar-refractivity contribution is 0.00335. The van der Waals surface area contributed by atoms with Crippen LogP contribution in [0.25, 0.3) is 0 Å². The Labute approximate surface area is 74.9 Å². The summed E-state index contributed by atoms with van der Waals surface area (Å²) in [5, 5.41) is 12.5. The first kappa shape index (κ1) is 8.25. The first-order valence-electron chi connectivity index (χ1n) is 4.07. The van der Waals surface area contributed by atoms with Crippen molar-refractivity contribution in [3.8, 4) is 0 Å². The molecule has 0 aromatic carbocycles. The Hall–Kier alpha value is -1.36. The van der Waals surface area contributed by atoms with Crippen molar-refractivity contribution in [2.75, 3.05) is 13.1 Å². The molecule has 1 aromatic heterocycles. The normalized spacial score (nSPS) is 17.2. The highest BCUT2D eigenvalue weighted by Crippen LogP contribution is 2.15. The largest absolute Gasteiger partial charge is 0.389 e. The average molecular weight is 182 g/mol. The van der Waals surface area contributed by atoms with E-state index in [9.17, 15) is 4.79 Å². The van der Waals surface area contributed by atoms with Gasteiger partial charge in [0, 0.05) is 18.7 Å². The topological polar surface area (TPSA) is 66.6 Å². The van der Waals surface area contributed by atoms with Crippen LogP contribution in [0, 0.1) is 6.92 Å². The molecule has 0 radical (unpaired) electrons. The molecule has 1 saturated heterocycles. The molecule has 1 aromatic rings. The summed E-state index contributed by atoms with van der Waals surface area (Å²) in [7, 11) is 0. The second-order valence-electron chi connectivity index (χ2n) is 3.20. The molecule has 1 aliphatic rings. The first-order chi connectivity index (χ1) is 6.18. The number of likely N-dealkylation sites (tertiary alicyclic amines) is 1. The number of nitrogens with zero attached hydrogens (tertiary/aromatic N) is 2. The fourth-order valence-electron chi connectivity index (χ4n) is 1.26. The molecule has 0 atom stereocenters. The summed E-state index contributed by atoms with van der Waals surface area (Å²) in [5.74, 6) is 0.0761. The summed E-state index contributed by atoms with van der Waals surface area (Å²) in [5.41, 5.74) is 0.728. The summed E-state index contributed by atoms with van der Waals surface area (Å²) in [6.45, 7) is 2.54. The van der Waals surface area contributed by atoms with Gasteiger partial charge in [-0.1, -0.05) is 5.16 Å². The molecule has 5 nitrogen and oxygen atoms in total. The van der Waals surface area contributed by atoms with Crippen LogP contribution in [0.4, 0.5) is 0 Å². The number of carbonyl (C=O) groups is 1. The minimum absolute atomic E-state index is 0.194. The summed E-state index contributed by atoms with van der Waals surface area (Å²) < 4.78 is 4.80. The third kappa shape index (κ3) is 1.31. The van der Waals surface area contributed by atoms with Crippen molar-refractivity contribution in [2.24, 2.45) is 0 Å². The van der Waals surface area contributed by atoms with Crippen LogP contribution in [0.5, 0.6) is 0 Å². The number of rotatable bonds is 1. The molecule has 0 spiro atoms. The Bertz CT molecular complexity index is 328. The van der Waals surface area contributed by atoms with E-state index in [0.29, 0.717) is 13.1 Å². The van der Waals surface area contributed by atoms with E-state index in [0.717, 1.165) is 5.56 Å². The SMILES string of the molecule is Cc1cnoc1C(=O)N1CC(O)C1. The van der Waals surface area contributed by atoms with E-state index < -0.39 is 0 Å². The molecule has 1 aliphatic heterocycles.